The molecule has 0 spiro atoms. The van der Waals surface area contributed by atoms with E-state index in [4.69, 9.17) is 5.11 Å². The summed E-state index contributed by atoms with van der Waals surface area (Å²) in [6.07, 6.45) is 2.75. The maximum atomic E-state index is 11.0. The molecule has 5 heteroatoms. The second kappa shape index (κ2) is 5.70. The standard InChI is InChI=1S/C10H18N2O3/c1-11-9(13)4-5-12(7-10(14)15)6-8-2-3-8/h8H,2-7H2,1H3,(H,11,13)(H,14,15). The zero-order valence-corrected chi connectivity index (χ0v) is 9.03. The van der Waals surface area contributed by atoms with Crippen LogP contribution in [0.2, 0.25) is 0 Å². The molecule has 0 aromatic heterocycles. The van der Waals surface area contributed by atoms with Crippen LogP contribution in [-0.2, 0) is 9.59 Å². The first-order valence-electron chi connectivity index (χ1n) is 5.26. The number of aliphatic carboxylic acids is 1. The van der Waals surface area contributed by atoms with Crippen molar-refractivity contribution in [2.24, 2.45) is 5.92 Å². The number of hydrogen-bond acceptors (Lipinski definition) is 3. The minimum absolute atomic E-state index is 0.0352. The average Bonchev–Trinajstić information content (AvgIpc) is 2.96. The van der Waals surface area contributed by atoms with Crippen molar-refractivity contribution in [2.45, 2.75) is 19.3 Å². The van der Waals surface area contributed by atoms with Gasteiger partial charge in [0.15, 0.2) is 0 Å². The van der Waals surface area contributed by atoms with Gasteiger partial charge in [0.25, 0.3) is 0 Å². The molecule has 2 N–H and O–H groups in total. The lowest BCUT2D eigenvalue weighted by Crippen LogP contribution is -2.35. The quantitative estimate of drug-likeness (QED) is 0.622. The van der Waals surface area contributed by atoms with Crippen LogP contribution in [-0.4, -0.2) is 48.6 Å². The fourth-order valence-corrected chi connectivity index (χ4v) is 1.48. The summed E-state index contributed by atoms with van der Waals surface area (Å²) in [5.74, 6) is -0.220. The molecular weight excluding hydrogens is 196 g/mol. The highest BCUT2D eigenvalue weighted by Gasteiger charge is 2.25. The Morgan fingerprint density at radius 2 is 2.13 bits per heavy atom. The highest BCUT2D eigenvalue weighted by atomic mass is 16.4. The van der Waals surface area contributed by atoms with Gasteiger partial charge < -0.3 is 10.4 Å². The van der Waals surface area contributed by atoms with Gasteiger partial charge in [0.2, 0.25) is 5.91 Å². The molecule has 1 rings (SSSR count). The van der Waals surface area contributed by atoms with Gasteiger partial charge in [0.1, 0.15) is 0 Å². The number of carbonyl (C=O) groups excluding carboxylic acids is 1. The molecule has 0 radical (unpaired) electrons. The van der Waals surface area contributed by atoms with Gasteiger partial charge in [-0.25, -0.2) is 0 Å². The smallest absolute Gasteiger partial charge is 0.317 e. The maximum absolute atomic E-state index is 11.0. The lowest BCUT2D eigenvalue weighted by Gasteiger charge is -2.19. The molecule has 15 heavy (non-hydrogen) atoms. The Morgan fingerprint density at radius 1 is 1.47 bits per heavy atom. The van der Waals surface area contributed by atoms with Crippen molar-refractivity contribution in [3.63, 3.8) is 0 Å². The van der Waals surface area contributed by atoms with Gasteiger partial charge in [0, 0.05) is 26.6 Å². The number of hydrogen-bond donors (Lipinski definition) is 2. The molecule has 0 aliphatic heterocycles. The number of carboxylic acid groups (broad SMARTS) is 1. The Hall–Kier alpha value is -1.10. The van der Waals surface area contributed by atoms with E-state index >= 15 is 0 Å². The van der Waals surface area contributed by atoms with Crippen LogP contribution in [0, 0.1) is 5.92 Å². The van der Waals surface area contributed by atoms with E-state index in [-0.39, 0.29) is 12.5 Å². The lowest BCUT2D eigenvalue weighted by molar-refractivity contribution is -0.138. The molecule has 0 aromatic rings. The maximum Gasteiger partial charge on any atom is 0.317 e. The van der Waals surface area contributed by atoms with Crippen LogP contribution in [0.15, 0.2) is 0 Å². The molecule has 1 fully saturated rings. The van der Waals surface area contributed by atoms with E-state index in [1.807, 2.05) is 4.90 Å². The molecule has 0 bridgehead atoms. The zero-order chi connectivity index (χ0) is 11.3. The molecule has 0 aromatic carbocycles. The molecule has 0 unspecified atom stereocenters. The number of amides is 1. The molecule has 0 heterocycles. The molecule has 0 saturated heterocycles. The molecule has 86 valence electrons. The third kappa shape index (κ3) is 5.37. The van der Waals surface area contributed by atoms with Gasteiger partial charge in [-0.1, -0.05) is 0 Å². The van der Waals surface area contributed by atoms with Crippen molar-refractivity contribution >= 4 is 11.9 Å². The normalized spacial score (nSPS) is 15.3. The van der Waals surface area contributed by atoms with E-state index in [0.29, 0.717) is 18.9 Å². The topological polar surface area (TPSA) is 69.6 Å². The summed E-state index contributed by atoms with van der Waals surface area (Å²) in [4.78, 5) is 23.4. The molecule has 5 nitrogen and oxygen atoms in total. The zero-order valence-electron chi connectivity index (χ0n) is 9.03. The predicted octanol–water partition coefficient (Wildman–Crippen LogP) is -0.0809. The predicted molar refractivity (Wildman–Crippen MR) is 55.5 cm³/mol. The molecule has 1 aliphatic carbocycles. The summed E-state index contributed by atoms with van der Waals surface area (Å²) in [5, 5.41) is 11.2. The fourth-order valence-electron chi connectivity index (χ4n) is 1.48. The average molecular weight is 214 g/mol. The first kappa shape index (κ1) is 12.0. The highest BCUT2D eigenvalue weighted by molar-refractivity contribution is 5.75. The van der Waals surface area contributed by atoms with Crippen molar-refractivity contribution in [1.82, 2.24) is 10.2 Å². The van der Waals surface area contributed by atoms with Gasteiger partial charge in [-0.05, 0) is 18.8 Å². The van der Waals surface area contributed by atoms with Gasteiger partial charge in [0.05, 0.1) is 6.54 Å². The Kier molecular flexibility index (Phi) is 4.55. The number of nitrogens with one attached hydrogen (secondary N) is 1. The number of rotatable bonds is 7. The molecule has 1 amide bonds. The Balaban J connectivity index is 2.26. The summed E-state index contributed by atoms with van der Waals surface area (Å²) in [6, 6.07) is 0. The number of carbonyl (C=O) groups is 2. The SMILES string of the molecule is CNC(=O)CCN(CC(=O)O)CC1CC1. The summed E-state index contributed by atoms with van der Waals surface area (Å²) in [7, 11) is 1.59. The second-order valence-electron chi connectivity index (χ2n) is 4.00. The van der Waals surface area contributed by atoms with E-state index < -0.39 is 5.97 Å². The minimum Gasteiger partial charge on any atom is -0.480 e. The number of nitrogens with zero attached hydrogens (tertiary/aromatic N) is 1. The van der Waals surface area contributed by atoms with Crippen molar-refractivity contribution < 1.29 is 14.7 Å². The Bertz CT molecular complexity index is 239. The summed E-state index contributed by atoms with van der Waals surface area (Å²) >= 11 is 0. The van der Waals surface area contributed by atoms with Crippen LogP contribution in [0.1, 0.15) is 19.3 Å². The third-order valence-corrected chi connectivity index (χ3v) is 2.51. The van der Waals surface area contributed by atoms with Gasteiger partial charge in [-0.2, -0.15) is 0 Å². The van der Waals surface area contributed by atoms with E-state index in [9.17, 15) is 9.59 Å². The summed E-state index contributed by atoms with van der Waals surface area (Å²) < 4.78 is 0. The van der Waals surface area contributed by atoms with E-state index in [1.165, 1.54) is 12.8 Å². The fraction of sp³-hybridized carbons (Fsp3) is 0.800. The van der Waals surface area contributed by atoms with Crippen LogP contribution < -0.4 is 5.32 Å². The van der Waals surface area contributed by atoms with Crippen LogP contribution >= 0.6 is 0 Å². The molecule has 1 saturated carbocycles. The van der Waals surface area contributed by atoms with Crippen LogP contribution in [0.4, 0.5) is 0 Å². The third-order valence-electron chi connectivity index (χ3n) is 2.51. The van der Waals surface area contributed by atoms with Crippen molar-refractivity contribution in [1.29, 1.82) is 0 Å². The van der Waals surface area contributed by atoms with Gasteiger partial charge >= 0.3 is 5.97 Å². The molecular formula is C10H18N2O3. The number of carboxylic acids is 1. The first-order chi connectivity index (χ1) is 7.11. The van der Waals surface area contributed by atoms with Crippen LogP contribution in [0.3, 0.4) is 0 Å². The second-order valence-corrected chi connectivity index (χ2v) is 4.00. The Morgan fingerprint density at radius 3 is 2.60 bits per heavy atom. The molecule has 1 aliphatic rings. The van der Waals surface area contributed by atoms with Gasteiger partial charge in [-0.15, -0.1) is 0 Å². The van der Waals surface area contributed by atoms with Crippen LogP contribution in [0.5, 0.6) is 0 Å². The van der Waals surface area contributed by atoms with E-state index in [1.54, 1.807) is 7.05 Å². The lowest BCUT2D eigenvalue weighted by atomic mass is 10.3. The monoisotopic (exact) mass is 214 g/mol. The van der Waals surface area contributed by atoms with Gasteiger partial charge in [-0.3, -0.25) is 14.5 Å². The minimum atomic E-state index is -0.826. The largest absolute Gasteiger partial charge is 0.480 e. The first-order valence-corrected chi connectivity index (χ1v) is 5.26. The van der Waals surface area contributed by atoms with Crippen molar-refractivity contribution in [3.05, 3.63) is 0 Å². The summed E-state index contributed by atoms with van der Waals surface area (Å²) in [6.45, 7) is 1.37. The van der Waals surface area contributed by atoms with Crippen molar-refractivity contribution in [3.8, 4) is 0 Å². The van der Waals surface area contributed by atoms with Crippen LogP contribution in [0.25, 0.3) is 0 Å². The summed E-state index contributed by atoms with van der Waals surface area (Å²) in [5.41, 5.74) is 0. The van der Waals surface area contributed by atoms with E-state index in [0.717, 1.165) is 6.54 Å². The highest BCUT2D eigenvalue weighted by Crippen LogP contribution is 2.29. The van der Waals surface area contributed by atoms with Crippen molar-refractivity contribution in [2.75, 3.05) is 26.7 Å². The van der Waals surface area contributed by atoms with E-state index in [2.05, 4.69) is 5.32 Å². The Labute approximate surface area is 89.4 Å². The molecule has 0 atom stereocenters.